The van der Waals surface area contributed by atoms with Crippen LogP contribution in [0, 0.1) is 0 Å². The summed E-state index contributed by atoms with van der Waals surface area (Å²) in [7, 11) is 0.728. The number of hydrogen-bond donors (Lipinski definition) is 1. The average molecular weight is 443 g/mol. The summed E-state index contributed by atoms with van der Waals surface area (Å²) in [6, 6.07) is 12.4. The van der Waals surface area contributed by atoms with Crippen LogP contribution in [0.15, 0.2) is 47.4 Å². The Morgan fingerprint density at radius 3 is 2.55 bits per heavy atom. The Balaban J connectivity index is 1.62. The second-order valence-electron chi connectivity index (χ2n) is 9.30. The number of piperidine rings is 1. The van der Waals surface area contributed by atoms with E-state index in [-0.39, 0.29) is 40.5 Å². The van der Waals surface area contributed by atoms with Gasteiger partial charge in [-0.25, -0.2) is 8.42 Å². The van der Waals surface area contributed by atoms with Crippen LogP contribution in [0.1, 0.15) is 30.0 Å². The van der Waals surface area contributed by atoms with Crippen molar-refractivity contribution in [3.05, 3.63) is 59.2 Å². The van der Waals surface area contributed by atoms with Crippen molar-refractivity contribution in [2.45, 2.75) is 48.6 Å². The second-order valence-corrected chi connectivity index (χ2v) is 11.3. The number of rotatable bonds is 4. The summed E-state index contributed by atoms with van der Waals surface area (Å²) in [4.78, 5) is 17.8. The summed E-state index contributed by atoms with van der Waals surface area (Å²) in [5.74, 6) is 0.267. The third kappa shape index (κ3) is 3.85. The Morgan fingerprint density at radius 2 is 1.90 bits per heavy atom. The highest BCUT2D eigenvalue weighted by Gasteiger charge is 2.52. The smallest absolute Gasteiger partial charge is 0.227 e. The number of carbonyl (C=O) groups excluding carboxylic acids is 1. The molecule has 1 fully saturated rings. The molecule has 1 amide bonds. The normalized spacial score (nSPS) is 25.7. The van der Waals surface area contributed by atoms with Crippen LogP contribution < -0.4 is 0 Å². The van der Waals surface area contributed by atoms with E-state index in [0.717, 1.165) is 30.5 Å². The van der Waals surface area contributed by atoms with Crippen molar-refractivity contribution in [3.8, 4) is 5.75 Å². The van der Waals surface area contributed by atoms with Crippen LogP contribution in [0.5, 0.6) is 5.75 Å². The molecule has 0 radical (unpaired) electrons. The summed E-state index contributed by atoms with van der Waals surface area (Å²) in [6.45, 7) is 3.15. The zero-order chi connectivity index (χ0) is 22.6. The van der Waals surface area contributed by atoms with Crippen LogP contribution in [0.25, 0.3) is 0 Å². The molecule has 2 aromatic rings. The molecule has 4 rings (SSSR count). The number of aromatic hydroxyl groups is 1. The van der Waals surface area contributed by atoms with Crippen molar-refractivity contribution < 1.29 is 18.3 Å². The number of hydrogen-bond acceptors (Lipinski definition) is 5. The molecule has 0 saturated carbocycles. The highest BCUT2D eigenvalue weighted by atomic mass is 32.2. The van der Waals surface area contributed by atoms with Gasteiger partial charge < -0.3 is 14.9 Å². The molecule has 1 aliphatic carbocycles. The van der Waals surface area contributed by atoms with Crippen molar-refractivity contribution in [2.75, 3.05) is 26.9 Å². The van der Waals surface area contributed by atoms with E-state index in [1.54, 1.807) is 30.3 Å². The van der Waals surface area contributed by atoms with Crippen LogP contribution in [0.4, 0.5) is 0 Å². The Kier molecular flexibility index (Phi) is 5.38. The summed E-state index contributed by atoms with van der Waals surface area (Å²) in [6.07, 6.45) is 3.14. The zero-order valence-corrected chi connectivity index (χ0v) is 19.3. The Hall–Kier alpha value is -2.38. The van der Waals surface area contributed by atoms with E-state index in [9.17, 15) is 18.3 Å². The number of phenols is 1. The largest absolute Gasteiger partial charge is 0.508 e. The molecule has 2 aromatic carbocycles. The van der Waals surface area contributed by atoms with Gasteiger partial charge in [0.25, 0.3) is 0 Å². The monoisotopic (exact) mass is 442 g/mol. The number of benzene rings is 2. The van der Waals surface area contributed by atoms with Crippen molar-refractivity contribution in [1.29, 1.82) is 0 Å². The molecule has 0 spiro atoms. The van der Waals surface area contributed by atoms with Gasteiger partial charge in [0.1, 0.15) is 5.75 Å². The van der Waals surface area contributed by atoms with Gasteiger partial charge in [-0.2, -0.15) is 0 Å². The molecule has 2 bridgehead atoms. The van der Waals surface area contributed by atoms with Crippen molar-refractivity contribution >= 4 is 15.7 Å². The third-order valence-corrected chi connectivity index (χ3v) is 8.35. The van der Waals surface area contributed by atoms with Crippen LogP contribution in [0.2, 0.25) is 0 Å². The molecule has 31 heavy (non-hydrogen) atoms. The van der Waals surface area contributed by atoms with Crippen LogP contribution in [-0.2, 0) is 32.9 Å². The highest BCUT2D eigenvalue weighted by molar-refractivity contribution is 7.90. The molecule has 1 aliphatic heterocycles. The van der Waals surface area contributed by atoms with Gasteiger partial charge in [0.05, 0.1) is 17.4 Å². The number of carbonyl (C=O) groups is 1. The minimum absolute atomic E-state index is 0.00670. The van der Waals surface area contributed by atoms with Gasteiger partial charge in [-0.15, -0.1) is 0 Å². The fourth-order valence-corrected chi connectivity index (χ4v) is 6.07. The van der Waals surface area contributed by atoms with Gasteiger partial charge in [0, 0.05) is 24.8 Å². The fourth-order valence-electron chi connectivity index (χ4n) is 5.44. The highest BCUT2D eigenvalue weighted by Crippen LogP contribution is 2.47. The van der Waals surface area contributed by atoms with E-state index in [1.165, 1.54) is 11.8 Å². The van der Waals surface area contributed by atoms with E-state index < -0.39 is 9.84 Å². The van der Waals surface area contributed by atoms with Gasteiger partial charge in [-0.05, 0) is 67.4 Å². The van der Waals surface area contributed by atoms with Gasteiger partial charge >= 0.3 is 0 Å². The predicted molar refractivity (Wildman–Crippen MR) is 120 cm³/mol. The summed E-state index contributed by atoms with van der Waals surface area (Å²) < 4.78 is 23.4. The maximum atomic E-state index is 13.3. The van der Waals surface area contributed by atoms with Crippen molar-refractivity contribution in [2.24, 2.45) is 0 Å². The molecule has 2 aliphatic rings. The number of nitrogens with zero attached hydrogens (tertiary/aromatic N) is 2. The number of fused-ring (bicyclic) bond motifs is 4. The SMILES string of the molecule is CN1CCC2(C)c3cc(O)ccc3CC1C2N(C)C(=O)Cc1ccc(S(C)(=O)=O)cc1. The molecule has 166 valence electrons. The lowest BCUT2D eigenvalue weighted by atomic mass is 9.61. The van der Waals surface area contributed by atoms with Crippen LogP contribution in [0.3, 0.4) is 0 Å². The number of sulfone groups is 1. The first kappa shape index (κ1) is 21.8. The zero-order valence-electron chi connectivity index (χ0n) is 18.5. The first-order valence-corrected chi connectivity index (χ1v) is 12.5. The molecule has 0 aromatic heterocycles. The molecule has 1 N–H and O–H groups in total. The summed E-state index contributed by atoms with van der Waals surface area (Å²) >= 11 is 0. The quantitative estimate of drug-likeness (QED) is 0.787. The average Bonchev–Trinajstić information content (AvgIpc) is 2.71. The van der Waals surface area contributed by atoms with Gasteiger partial charge in [0.15, 0.2) is 9.84 Å². The number of likely N-dealkylation sites (tertiary alicyclic amines) is 1. The lowest BCUT2D eigenvalue weighted by Crippen LogP contribution is -2.67. The lowest BCUT2D eigenvalue weighted by molar-refractivity contribution is -0.136. The number of phenolic OH excluding ortho intramolecular Hbond substituents is 1. The van der Waals surface area contributed by atoms with Crippen LogP contribution in [-0.4, -0.2) is 68.2 Å². The molecular weight excluding hydrogens is 412 g/mol. The Labute approximate surface area is 184 Å². The first-order valence-electron chi connectivity index (χ1n) is 10.6. The van der Waals surface area contributed by atoms with E-state index in [2.05, 4.69) is 18.9 Å². The Bertz CT molecular complexity index is 1110. The third-order valence-electron chi connectivity index (χ3n) is 7.22. The topological polar surface area (TPSA) is 77.9 Å². The van der Waals surface area contributed by atoms with Crippen molar-refractivity contribution in [3.63, 3.8) is 0 Å². The second kappa shape index (κ2) is 7.64. The molecule has 1 heterocycles. The number of amides is 1. The van der Waals surface area contributed by atoms with Crippen molar-refractivity contribution in [1.82, 2.24) is 9.80 Å². The van der Waals surface area contributed by atoms with E-state index in [4.69, 9.17) is 0 Å². The minimum Gasteiger partial charge on any atom is -0.508 e. The molecule has 6 nitrogen and oxygen atoms in total. The molecule has 1 saturated heterocycles. The predicted octanol–water partition coefficient (Wildman–Crippen LogP) is 2.38. The van der Waals surface area contributed by atoms with E-state index in [0.29, 0.717) is 0 Å². The van der Waals surface area contributed by atoms with E-state index >= 15 is 0 Å². The molecule has 7 heteroatoms. The summed E-state index contributed by atoms with van der Waals surface area (Å²) in [5, 5.41) is 10.1. The van der Waals surface area contributed by atoms with Crippen LogP contribution >= 0.6 is 0 Å². The standard InChI is InChI=1S/C24H30N2O4S/c1-24-11-12-25(2)21(14-17-7-8-18(27)15-20(17)24)23(24)26(3)22(28)13-16-5-9-19(10-6-16)31(4,29)30/h5-10,15,21,23,27H,11-14H2,1-4H3. The first-order chi connectivity index (χ1) is 14.5. The number of likely N-dealkylation sites (N-methyl/N-ethyl adjacent to an activating group) is 2. The lowest BCUT2D eigenvalue weighted by Gasteiger charge is -2.57. The van der Waals surface area contributed by atoms with E-state index in [1.807, 2.05) is 24.1 Å². The fraction of sp³-hybridized carbons (Fsp3) is 0.458. The summed E-state index contributed by atoms with van der Waals surface area (Å²) in [5.41, 5.74) is 2.93. The maximum Gasteiger partial charge on any atom is 0.227 e. The minimum atomic E-state index is -3.26. The van der Waals surface area contributed by atoms with Gasteiger partial charge in [0.2, 0.25) is 5.91 Å². The Morgan fingerprint density at radius 1 is 1.23 bits per heavy atom. The van der Waals surface area contributed by atoms with Gasteiger partial charge in [-0.1, -0.05) is 25.1 Å². The molecule has 3 atom stereocenters. The van der Waals surface area contributed by atoms with Gasteiger partial charge in [-0.3, -0.25) is 4.79 Å². The molecular formula is C24H30N2O4S. The molecule has 3 unspecified atom stereocenters. The maximum absolute atomic E-state index is 13.3.